The van der Waals surface area contributed by atoms with E-state index in [4.69, 9.17) is 4.74 Å². The first-order chi connectivity index (χ1) is 12.8. The number of hydrogen-bond acceptors (Lipinski definition) is 3. The summed E-state index contributed by atoms with van der Waals surface area (Å²) in [5, 5.41) is 2.59. The third-order valence-electron chi connectivity index (χ3n) is 4.11. The first-order valence-corrected chi connectivity index (χ1v) is 8.75. The largest absolute Gasteiger partial charge is 0.481 e. The number of benzene rings is 2. The van der Waals surface area contributed by atoms with Gasteiger partial charge in [-0.3, -0.25) is 4.79 Å². The van der Waals surface area contributed by atoms with Crippen LogP contribution in [0.25, 0.3) is 0 Å². The fraction of sp³-hybridized carbons (Fsp3) is 0.350. The fourth-order valence-corrected chi connectivity index (χ4v) is 2.64. The topological polar surface area (TPSA) is 41.6 Å². The fourth-order valence-electron chi connectivity index (χ4n) is 2.64. The van der Waals surface area contributed by atoms with Crippen molar-refractivity contribution < 1.29 is 22.7 Å². The lowest BCUT2D eigenvalue weighted by Crippen LogP contribution is -2.31. The van der Waals surface area contributed by atoms with Crippen LogP contribution in [0.1, 0.15) is 26.3 Å². The lowest BCUT2D eigenvalue weighted by Gasteiger charge is -2.26. The molecule has 0 radical (unpaired) electrons. The Bertz CT molecular complexity index is 760. The second-order valence-electron chi connectivity index (χ2n) is 5.96. The quantitative estimate of drug-likeness (QED) is 0.738. The summed E-state index contributed by atoms with van der Waals surface area (Å²) >= 11 is 0. The van der Waals surface area contributed by atoms with E-state index in [1.165, 1.54) is 6.07 Å². The number of hydrogen-bond donors (Lipinski definition) is 1. The highest BCUT2D eigenvalue weighted by Gasteiger charge is 2.32. The third kappa shape index (κ3) is 5.39. The Morgan fingerprint density at radius 2 is 1.74 bits per heavy atom. The zero-order valence-corrected chi connectivity index (χ0v) is 15.5. The Labute approximate surface area is 156 Å². The van der Waals surface area contributed by atoms with Gasteiger partial charge in [-0.1, -0.05) is 18.2 Å². The number of para-hydroxylation sites is 1. The molecule has 2 aromatic carbocycles. The third-order valence-corrected chi connectivity index (χ3v) is 4.11. The molecule has 0 saturated heterocycles. The molecule has 2 aromatic rings. The molecular formula is C20H23F3N2O2. The molecule has 2 rings (SSSR count). The van der Waals surface area contributed by atoms with E-state index >= 15 is 0 Å². The van der Waals surface area contributed by atoms with Gasteiger partial charge in [-0.25, -0.2) is 0 Å². The molecule has 0 saturated carbocycles. The van der Waals surface area contributed by atoms with Gasteiger partial charge in [0.1, 0.15) is 5.75 Å². The predicted molar refractivity (Wildman–Crippen MR) is 100 cm³/mol. The highest BCUT2D eigenvalue weighted by molar-refractivity contribution is 5.97. The number of ether oxygens (including phenoxy) is 1. The molecule has 1 N–H and O–H groups in total. The molecular weight excluding hydrogens is 357 g/mol. The standard InChI is InChI=1S/C20H23F3N2O2/c1-4-25(5-2)18-12-11-15(20(21,22)23)13-17(18)24-19(26)14(3)27-16-9-7-6-8-10-16/h6-14H,4-5H2,1-3H3,(H,24,26). The van der Waals surface area contributed by atoms with E-state index in [2.05, 4.69) is 5.32 Å². The van der Waals surface area contributed by atoms with Crippen LogP contribution in [-0.2, 0) is 11.0 Å². The van der Waals surface area contributed by atoms with Gasteiger partial charge in [-0.05, 0) is 51.1 Å². The summed E-state index contributed by atoms with van der Waals surface area (Å²) < 4.78 is 44.8. The van der Waals surface area contributed by atoms with E-state index in [9.17, 15) is 18.0 Å². The van der Waals surface area contributed by atoms with Crippen LogP contribution < -0.4 is 15.0 Å². The maximum atomic E-state index is 13.1. The molecule has 7 heteroatoms. The van der Waals surface area contributed by atoms with E-state index < -0.39 is 23.8 Å². The molecule has 0 bridgehead atoms. The van der Waals surface area contributed by atoms with Crippen LogP contribution >= 0.6 is 0 Å². The average molecular weight is 380 g/mol. The van der Waals surface area contributed by atoms with Gasteiger partial charge in [-0.15, -0.1) is 0 Å². The molecule has 0 aliphatic carbocycles. The maximum Gasteiger partial charge on any atom is 0.416 e. The summed E-state index contributed by atoms with van der Waals surface area (Å²) in [4.78, 5) is 14.4. The minimum absolute atomic E-state index is 0.113. The van der Waals surface area contributed by atoms with Crippen molar-refractivity contribution in [3.63, 3.8) is 0 Å². The second kappa shape index (κ2) is 8.79. The van der Waals surface area contributed by atoms with Gasteiger partial charge in [0.2, 0.25) is 0 Å². The Morgan fingerprint density at radius 1 is 1.11 bits per heavy atom. The summed E-state index contributed by atoms with van der Waals surface area (Å²) in [5.74, 6) is -0.0141. The SMILES string of the molecule is CCN(CC)c1ccc(C(F)(F)F)cc1NC(=O)C(C)Oc1ccccc1. The zero-order chi connectivity index (χ0) is 20.0. The van der Waals surface area contributed by atoms with Crippen molar-refractivity contribution in [2.24, 2.45) is 0 Å². The normalized spacial score (nSPS) is 12.4. The van der Waals surface area contributed by atoms with E-state index in [1.54, 1.807) is 31.2 Å². The molecule has 146 valence electrons. The van der Waals surface area contributed by atoms with Gasteiger partial charge in [0.25, 0.3) is 5.91 Å². The van der Waals surface area contributed by atoms with Crippen LogP contribution in [0.15, 0.2) is 48.5 Å². The van der Waals surface area contributed by atoms with Crippen molar-refractivity contribution in [1.29, 1.82) is 0 Å². The zero-order valence-electron chi connectivity index (χ0n) is 15.5. The molecule has 1 unspecified atom stereocenters. The van der Waals surface area contributed by atoms with Gasteiger partial charge in [0.15, 0.2) is 6.10 Å². The number of amides is 1. The number of anilines is 2. The van der Waals surface area contributed by atoms with E-state index in [0.717, 1.165) is 12.1 Å². The predicted octanol–water partition coefficient (Wildman–Crippen LogP) is 4.96. The minimum atomic E-state index is -4.49. The highest BCUT2D eigenvalue weighted by Crippen LogP contribution is 2.35. The molecule has 1 atom stereocenters. The van der Waals surface area contributed by atoms with Gasteiger partial charge >= 0.3 is 6.18 Å². The van der Waals surface area contributed by atoms with Gasteiger partial charge in [-0.2, -0.15) is 13.2 Å². The second-order valence-corrected chi connectivity index (χ2v) is 5.96. The summed E-state index contributed by atoms with van der Waals surface area (Å²) in [6, 6.07) is 12.1. The van der Waals surface area contributed by atoms with Crippen LogP contribution in [0.5, 0.6) is 5.75 Å². The van der Waals surface area contributed by atoms with Crippen molar-refractivity contribution in [3.05, 3.63) is 54.1 Å². The van der Waals surface area contributed by atoms with Crippen LogP contribution in [0.2, 0.25) is 0 Å². The average Bonchev–Trinajstić information content (AvgIpc) is 2.63. The molecule has 1 amide bonds. The van der Waals surface area contributed by atoms with Crippen molar-refractivity contribution >= 4 is 17.3 Å². The number of carbonyl (C=O) groups is 1. The smallest absolute Gasteiger partial charge is 0.416 e. The molecule has 27 heavy (non-hydrogen) atoms. The van der Waals surface area contributed by atoms with Crippen LogP contribution in [0, 0.1) is 0 Å². The monoisotopic (exact) mass is 380 g/mol. The van der Waals surface area contributed by atoms with E-state index in [-0.39, 0.29) is 5.69 Å². The molecule has 0 fully saturated rings. The van der Waals surface area contributed by atoms with E-state index in [1.807, 2.05) is 24.8 Å². The number of halogens is 3. The summed E-state index contributed by atoms with van der Waals surface area (Å²) in [7, 11) is 0. The highest BCUT2D eigenvalue weighted by atomic mass is 19.4. The Hall–Kier alpha value is -2.70. The Balaban J connectivity index is 2.27. The van der Waals surface area contributed by atoms with Crippen molar-refractivity contribution in [1.82, 2.24) is 0 Å². The van der Waals surface area contributed by atoms with Gasteiger partial charge in [0.05, 0.1) is 16.9 Å². The maximum absolute atomic E-state index is 13.1. The van der Waals surface area contributed by atoms with Crippen LogP contribution in [-0.4, -0.2) is 25.1 Å². The molecule has 0 aliphatic heterocycles. The lowest BCUT2D eigenvalue weighted by molar-refractivity contribution is -0.137. The van der Waals surface area contributed by atoms with E-state index in [0.29, 0.717) is 24.5 Å². The van der Waals surface area contributed by atoms with Crippen LogP contribution in [0.4, 0.5) is 24.5 Å². The molecule has 0 spiro atoms. The first-order valence-electron chi connectivity index (χ1n) is 8.75. The minimum Gasteiger partial charge on any atom is -0.481 e. The number of nitrogens with one attached hydrogen (secondary N) is 1. The summed E-state index contributed by atoms with van der Waals surface area (Å²) in [6.45, 7) is 6.54. The van der Waals surface area contributed by atoms with Crippen molar-refractivity contribution in [2.75, 3.05) is 23.3 Å². The number of carbonyl (C=O) groups excluding carboxylic acids is 1. The van der Waals surface area contributed by atoms with Crippen LogP contribution in [0.3, 0.4) is 0 Å². The van der Waals surface area contributed by atoms with Crippen molar-refractivity contribution in [3.8, 4) is 5.75 Å². The Kier molecular flexibility index (Phi) is 6.71. The van der Waals surface area contributed by atoms with Gasteiger partial charge < -0.3 is 15.0 Å². The number of rotatable bonds is 7. The number of alkyl halides is 3. The van der Waals surface area contributed by atoms with Crippen molar-refractivity contribution in [2.45, 2.75) is 33.1 Å². The summed E-state index contributed by atoms with van der Waals surface area (Å²) in [6.07, 6.45) is -5.36. The molecule has 0 heterocycles. The molecule has 4 nitrogen and oxygen atoms in total. The lowest BCUT2D eigenvalue weighted by atomic mass is 10.1. The molecule has 0 aliphatic rings. The number of nitrogens with zero attached hydrogens (tertiary/aromatic N) is 1. The van der Waals surface area contributed by atoms with Gasteiger partial charge in [0, 0.05) is 13.1 Å². The first kappa shape index (κ1) is 20.6. The molecule has 0 aromatic heterocycles. The summed E-state index contributed by atoms with van der Waals surface area (Å²) in [5.41, 5.74) is -0.166. The Morgan fingerprint density at radius 3 is 2.30 bits per heavy atom.